The Morgan fingerprint density at radius 2 is 1.96 bits per heavy atom. The predicted molar refractivity (Wildman–Crippen MR) is 102 cm³/mol. The smallest absolute Gasteiger partial charge is 0.227 e. The second kappa shape index (κ2) is 6.60. The van der Waals surface area contributed by atoms with E-state index < -0.39 is 0 Å². The van der Waals surface area contributed by atoms with Gasteiger partial charge in [-0.2, -0.15) is 0 Å². The highest BCUT2D eigenvalue weighted by atomic mass is 19.1. The zero-order valence-corrected chi connectivity index (χ0v) is 15.2. The number of hydrogen-bond acceptors (Lipinski definition) is 1. The van der Waals surface area contributed by atoms with E-state index in [0.717, 1.165) is 24.0 Å². The van der Waals surface area contributed by atoms with Crippen LogP contribution >= 0.6 is 0 Å². The molecule has 1 aromatic heterocycles. The molecule has 3 nitrogen and oxygen atoms in total. The summed E-state index contributed by atoms with van der Waals surface area (Å²) in [5.74, 6) is 0.296. The molecule has 2 heterocycles. The highest BCUT2D eigenvalue weighted by Crippen LogP contribution is 2.30. The van der Waals surface area contributed by atoms with Gasteiger partial charge >= 0.3 is 0 Å². The molecule has 0 radical (unpaired) electrons. The molecule has 1 N–H and O–H groups in total. The summed E-state index contributed by atoms with van der Waals surface area (Å²) < 4.78 is 13.0. The van der Waals surface area contributed by atoms with Gasteiger partial charge in [0.25, 0.3) is 0 Å². The monoisotopic (exact) mass is 350 g/mol. The van der Waals surface area contributed by atoms with Crippen molar-refractivity contribution >= 4 is 16.8 Å². The fraction of sp³-hybridized carbons (Fsp3) is 0.318. The molecule has 134 valence electrons. The minimum absolute atomic E-state index is 0.0941. The van der Waals surface area contributed by atoms with Gasteiger partial charge in [-0.1, -0.05) is 32.0 Å². The summed E-state index contributed by atoms with van der Waals surface area (Å²) in [4.78, 5) is 18.2. The van der Waals surface area contributed by atoms with E-state index in [1.807, 2.05) is 4.90 Å². The Labute approximate surface area is 152 Å². The van der Waals surface area contributed by atoms with Crippen molar-refractivity contribution in [3.8, 4) is 0 Å². The molecule has 1 aliphatic rings. The third kappa shape index (κ3) is 3.12. The summed E-state index contributed by atoms with van der Waals surface area (Å²) in [5, 5.41) is 1.23. The molecule has 2 aromatic carbocycles. The molecule has 0 atom stereocenters. The topological polar surface area (TPSA) is 36.1 Å². The maximum Gasteiger partial charge on any atom is 0.227 e. The average Bonchev–Trinajstić information content (AvgIpc) is 3.00. The van der Waals surface area contributed by atoms with Crippen molar-refractivity contribution in [2.45, 2.75) is 39.2 Å². The number of benzene rings is 2. The van der Waals surface area contributed by atoms with Crippen LogP contribution in [0.3, 0.4) is 0 Å². The Balaban J connectivity index is 1.58. The second-order valence-electron chi connectivity index (χ2n) is 7.41. The van der Waals surface area contributed by atoms with Crippen molar-refractivity contribution in [1.82, 2.24) is 9.88 Å². The van der Waals surface area contributed by atoms with Crippen molar-refractivity contribution in [1.29, 1.82) is 0 Å². The second-order valence-corrected chi connectivity index (χ2v) is 7.41. The number of aromatic nitrogens is 1. The Morgan fingerprint density at radius 3 is 2.69 bits per heavy atom. The van der Waals surface area contributed by atoms with Gasteiger partial charge in [0, 0.05) is 41.7 Å². The van der Waals surface area contributed by atoms with Gasteiger partial charge in [0.1, 0.15) is 5.82 Å². The number of nitrogens with zero attached hydrogens (tertiary/aromatic N) is 1. The number of carbonyl (C=O) groups excluding carboxylic acids is 1. The van der Waals surface area contributed by atoms with Crippen LogP contribution in [0.25, 0.3) is 10.9 Å². The molecule has 0 spiro atoms. The van der Waals surface area contributed by atoms with E-state index in [1.165, 1.54) is 34.3 Å². The maximum absolute atomic E-state index is 13.0. The van der Waals surface area contributed by atoms with Gasteiger partial charge in [-0.15, -0.1) is 0 Å². The fourth-order valence-corrected chi connectivity index (χ4v) is 3.69. The molecule has 0 aliphatic carbocycles. The number of hydrogen-bond donors (Lipinski definition) is 1. The van der Waals surface area contributed by atoms with Gasteiger partial charge in [-0.05, 0) is 41.3 Å². The number of aromatic amines is 1. The van der Waals surface area contributed by atoms with E-state index >= 15 is 0 Å². The summed E-state index contributed by atoms with van der Waals surface area (Å²) in [6, 6.07) is 12.8. The molecular formula is C22H23FN2O. The molecule has 0 fully saturated rings. The molecule has 1 amide bonds. The van der Waals surface area contributed by atoms with Crippen LogP contribution in [0, 0.1) is 5.82 Å². The van der Waals surface area contributed by atoms with E-state index in [-0.39, 0.29) is 11.7 Å². The third-order valence-corrected chi connectivity index (χ3v) is 5.29. The zero-order chi connectivity index (χ0) is 18.3. The first-order chi connectivity index (χ1) is 12.5. The lowest BCUT2D eigenvalue weighted by Crippen LogP contribution is -2.36. The van der Waals surface area contributed by atoms with Crippen LogP contribution in [0.15, 0.2) is 42.5 Å². The average molecular weight is 350 g/mol. The molecule has 0 saturated heterocycles. The summed E-state index contributed by atoms with van der Waals surface area (Å²) in [6.45, 7) is 5.74. The molecule has 0 bridgehead atoms. The molecular weight excluding hydrogens is 327 g/mol. The lowest BCUT2D eigenvalue weighted by molar-refractivity contribution is -0.131. The zero-order valence-electron chi connectivity index (χ0n) is 15.2. The minimum Gasteiger partial charge on any atom is -0.358 e. The van der Waals surface area contributed by atoms with Gasteiger partial charge in [0.05, 0.1) is 6.42 Å². The number of rotatable bonds is 3. The summed E-state index contributed by atoms with van der Waals surface area (Å²) in [7, 11) is 0. The lowest BCUT2D eigenvalue weighted by Gasteiger charge is -2.27. The molecule has 0 saturated carbocycles. The highest BCUT2D eigenvalue weighted by Gasteiger charge is 2.24. The number of nitrogens with one attached hydrogen (secondary N) is 1. The van der Waals surface area contributed by atoms with Crippen LogP contribution in [-0.4, -0.2) is 22.3 Å². The van der Waals surface area contributed by atoms with Crippen molar-refractivity contribution in [3.05, 3.63) is 70.7 Å². The number of fused-ring (bicyclic) bond motifs is 3. The molecule has 0 unspecified atom stereocenters. The van der Waals surface area contributed by atoms with E-state index in [2.05, 4.69) is 37.0 Å². The van der Waals surface area contributed by atoms with Gasteiger partial charge in [0.15, 0.2) is 0 Å². The fourth-order valence-electron chi connectivity index (χ4n) is 3.69. The Bertz CT molecular complexity index is 956. The molecule has 4 heteroatoms. The van der Waals surface area contributed by atoms with Gasteiger partial charge in [-0.3, -0.25) is 4.79 Å². The summed E-state index contributed by atoms with van der Waals surface area (Å²) in [5.41, 5.74) is 5.79. The molecule has 3 aromatic rings. The summed E-state index contributed by atoms with van der Waals surface area (Å²) in [6.07, 6.45) is 1.16. The third-order valence-electron chi connectivity index (χ3n) is 5.29. The van der Waals surface area contributed by atoms with Crippen molar-refractivity contribution in [3.63, 3.8) is 0 Å². The van der Waals surface area contributed by atoms with Gasteiger partial charge in [-0.25, -0.2) is 4.39 Å². The number of amides is 1. The number of carbonyl (C=O) groups is 1. The first-order valence-corrected chi connectivity index (χ1v) is 9.17. The van der Waals surface area contributed by atoms with Crippen molar-refractivity contribution < 1.29 is 9.18 Å². The van der Waals surface area contributed by atoms with Crippen LogP contribution in [-0.2, 0) is 24.2 Å². The van der Waals surface area contributed by atoms with E-state index in [9.17, 15) is 9.18 Å². The number of halogens is 1. The van der Waals surface area contributed by atoms with Crippen molar-refractivity contribution in [2.24, 2.45) is 0 Å². The first kappa shape index (κ1) is 16.8. The quantitative estimate of drug-likeness (QED) is 0.739. The SMILES string of the molecule is CC(C)c1ccc2[nH]c3c(c2c1)CN(C(=O)Cc1ccc(F)cc1)CC3. The first-order valence-electron chi connectivity index (χ1n) is 9.17. The van der Waals surface area contributed by atoms with Crippen LogP contribution in [0.2, 0.25) is 0 Å². The van der Waals surface area contributed by atoms with Gasteiger partial charge < -0.3 is 9.88 Å². The highest BCUT2D eigenvalue weighted by molar-refractivity contribution is 5.87. The largest absolute Gasteiger partial charge is 0.358 e. The summed E-state index contributed by atoms with van der Waals surface area (Å²) >= 11 is 0. The van der Waals surface area contributed by atoms with Crippen LogP contribution in [0.1, 0.15) is 42.1 Å². The predicted octanol–water partition coefficient (Wildman–Crippen LogP) is 4.56. The van der Waals surface area contributed by atoms with E-state index in [1.54, 1.807) is 12.1 Å². The maximum atomic E-state index is 13.0. The van der Waals surface area contributed by atoms with E-state index in [4.69, 9.17) is 0 Å². The standard InChI is InChI=1S/C22H23FN2O/c1-14(2)16-5-8-20-18(12-16)19-13-25(10-9-21(19)24-20)22(26)11-15-3-6-17(23)7-4-15/h3-8,12,14,24H,9-11,13H2,1-2H3. The van der Waals surface area contributed by atoms with Gasteiger partial charge in [0.2, 0.25) is 5.91 Å². The molecule has 1 aliphatic heterocycles. The van der Waals surface area contributed by atoms with E-state index in [0.29, 0.717) is 18.9 Å². The Hall–Kier alpha value is -2.62. The Kier molecular flexibility index (Phi) is 4.27. The van der Waals surface area contributed by atoms with Crippen LogP contribution in [0.5, 0.6) is 0 Å². The normalized spacial score (nSPS) is 14.1. The molecule has 4 rings (SSSR count). The van der Waals surface area contributed by atoms with Crippen molar-refractivity contribution in [2.75, 3.05) is 6.54 Å². The lowest BCUT2D eigenvalue weighted by atomic mass is 9.98. The van der Waals surface area contributed by atoms with Crippen LogP contribution < -0.4 is 0 Å². The molecule has 26 heavy (non-hydrogen) atoms. The van der Waals surface area contributed by atoms with Crippen LogP contribution in [0.4, 0.5) is 4.39 Å². The minimum atomic E-state index is -0.274. The number of H-pyrrole nitrogens is 1. The Morgan fingerprint density at radius 1 is 1.19 bits per heavy atom.